The molecule has 7 nitrogen and oxygen atoms in total. The number of anilines is 1. The Balaban J connectivity index is 1.49. The summed E-state index contributed by atoms with van der Waals surface area (Å²) >= 11 is 0. The molecule has 24 heavy (non-hydrogen) atoms. The summed E-state index contributed by atoms with van der Waals surface area (Å²) in [6, 6.07) is 8.38. The highest BCUT2D eigenvalue weighted by atomic mass is 16.3. The number of hydrogen-bond donors (Lipinski definition) is 0. The molecule has 0 bridgehead atoms. The quantitative estimate of drug-likeness (QED) is 0.565. The molecule has 3 aromatic heterocycles. The monoisotopic (exact) mass is 320 g/mol. The molecule has 0 saturated carbocycles. The Morgan fingerprint density at radius 2 is 1.92 bits per heavy atom. The third-order valence-electron chi connectivity index (χ3n) is 4.71. The standard InChI is InChI=1S/C17H16N6O/c1-2-4-14-13(3-1)15-16(24-14)17(20-10-19-15)22-7-5-12(6-8-22)23-11-18-9-21-23/h1-4,9-12H,5-8H2. The molecule has 0 radical (unpaired) electrons. The van der Waals surface area contributed by atoms with Gasteiger partial charge in [-0.3, -0.25) is 0 Å². The number of piperidine rings is 1. The zero-order valence-electron chi connectivity index (χ0n) is 13.0. The molecule has 0 unspecified atom stereocenters. The van der Waals surface area contributed by atoms with Crippen LogP contribution in [0.4, 0.5) is 5.82 Å². The minimum absolute atomic E-state index is 0.400. The van der Waals surface area contributed by atoms with Crippen molar-refractivity contribution < 1.29 is 4.42 Å². The van der Waals surface area contributed by atoms with Gasteiger partial charge in [-0.2, -0.15) is 5.10 Å². The van der Waals surface area contributed by atoms with Crippen molar-refractivity contribution in [2.75, 3.05) is 18.0 Å². The van der Waals surface area contributed by atoms with Gasteiger partial charge in [0.05, 0.1) is 6.04 Å². The van der Waals surface area contributed by atoms with Gasteiger partial charge in [0, 0.05) is 18.5 Å². The fourth-order valence-electron chi connectivity index (χ4n) is 3.48. The van der Waals surface area contributed by atoms with Crippen LogP contribution in [0, 0.1) is 0 Å². The van der Waals surface area contributed by atoms with E-state index in [1.54, 1.807) is 19.0 Å². The highest BCUT2D eigenvalue weighted by Crippen LogP contribution is 2.34. The largest absolute Gasteiger partial charge is 0.450 e. The van der Waals surface area contributed by atoms with E-state index < -0.39 is 0 Å². The molecule has 1 aromatic carbocycles. The zero-order chi connectivity index (χ0) is 15.9. The number of fused-ring (bicyclic) bond motifs is 3. The molecule has 4 aromatic rings. The smallest absolute Gasteiger partial charge is 0.196 e. The van der Waals surface area contributed by atoms with Gasteiger partial charge in [0.15, 0.2) is 11.4 Å². The lowest BCUT2D eigenvalue weighted by molar-refractivity contribution is 0.365. The van der Waals surface area contributed by atoms with E-state index in [0.29, 0.717) is 6.04 Å². The molecular weight excluding hydrogens is 304 g/mol. The second-order valence-corrected chi connectivity index (χ2v) is 6.07. The van der Waals surface area contributed by atoms with Crippen LogP contribution < -0.4 is 4.90 Å². The van der Waals surface area contributed by atoms with Crippen LogP contribution in [-0.4, -0.2) is 37.8 Å². The van der Waals surface area contributed by atoms with Crippen molar-refractivity contribution in [1.29, 1.82) is 0 Å². The molecule has 0 aliphatic carbocycles. The Bertz CT molecular complexity index is 985. The van der Waals surface area contributed by atoms with Crippen LogP contribution in [0.25, 0.3) is 22.1 Å². The van der Waals surface area contributed by atoms with Crippen molar-refractivity contribution in [1.82, 2.24) is 24.7 Å². The first-order chi connectivity index (χ1) is 11.9. The molecule has 4 heterocycles. The van der Waals surface area contributed by atoms with E-state index in [9.17, 15) is 0 Å². The van der Waals surface area contributed by atoms with E-state index >= 15 is 0 Å². The molecule has 1 aliphatic rings. The third kappa shape index (κ3) is 2.05. The Kier molecular flexibility index (Phi) is 2.97. The van der Waals surface area contributed by atoms with Crippen molar-refractivity contribution in [3.05, 3.63) is 43.2 Å². The summed E-state index contributed by atoms with van der Waals surface area (Å²) in [5.74, 6) is 0.883. The lowest BCUT2D eigenvalue weighted by Crippen LogP contribution is -2.35. The average molecular weight is 320 g/mol. The maximum atomic E-state index is 6.04. The lowest BCUT2D eigenvalue weighted by atomic mass is 10.1. The van der Waals surface area contributed by atoms with Gasteiger partial charge >= 0.3 is 0 Å². The molecule has 1 saturated heterocycles. The minimum atomic E-state index is 0.400. The van der Waals surface area contributed by atoms with Crippen LogP contribution in [-0.2, 0) is 0 Å². The number of nitrogens with zero attached hydrogens (tertiary/aromatic N) is 6. The first-order valence-corrected chi connectivity index (χ1v) is 8.11. The van der Waals surface area contributed by atoms with Crippen molar-refractivity contribution in [2.45, 2.75) is 18.9 Å². The van der Waals surface area contributed by atoms with Gasteiger partial charge in [-0.25, -0.2) is 19.6 Å². The summed E-state index contributed by atoms with van der Waals surface area (Å²) in [5, 5.41) is 5.30. The van der Waals surface area contributed by atoms with Gasteiger partial charge in [0.1, 0.15) is 30.1 Å². The fourth-order valence-corrected chi connectivity index (χ4v) is 3.48. The van der Waals surface area contributed by atoms with Gasteiger partial charge in [0.2, 0.25) is 0 Å². The van der Waals surface area contributed by atoms with E-state index in [-0.39, 0.29) is 0 Å². The molecule has 1 aliphatic heterocycles. The number of rotatable bonds is 2. The lowest BCUT2D eigenvalue weighted by Gasteiger charge is -2.32. The summed E-state index contributed by atoms with van der Waals surface area (Å²) in [6.07, 6.45) is 7.03. The number of benzene rings is 1. The molecule has 0 atom stereocenters. The first-order valence-electron chi connectivity index (χ1n) is 8.11. The molecule has 7 heteroatoms. The highest BCUT2D eigenvalue weighted by molar-refractivity contribution is 6.05. The first kappa shape index (κ1) is 13.5. The molecule has 5 rings (SSSR count). The number of furan rings is 1. The maximum Gasteiger partial charge on any atom is 0.196 e. The summed E-state index contributed by atoms with van der Waals surface area (Å²) in [5.41, 5.74) is 2.51. The number of hydrogen-bond acceptors (Lipinski definition) is 6. The Labute approximate surface area is 137 Å². The van der Waals surface area contributed by atoms with Crippen LogP contribution in [0.2, 0.25) is 0 Å². The van der Waals surface area contributed by atoms with E-state index in [2.05, 4.69) is 25.0 Å². The van der Waals surface area contributed by atoms with Gasteiger partial charge < -0.3 is 9.32 Å². The molecular formula is C17H16N6O. The average Bonchev–Trinajstić information content (AvgIpc) is 3.29. The second-order valence-electron chi connectivity index (χ2n) is 6.07. The van der Waals surface area contributed by atoms with Crippen LogP contribution in [0.1, 0.15) is 18.9 Å². The number of aromatic nitrogens is 5. The molecule has 0 spiro atoms. The topological polar surface area (TPSA) is 72.9 Å². The Hall–Kier alpha value is -2.96. The summed E-state index contributed by atoms with van der Waals surface area (Å²) in [6.45, 7) is 1.82. The molecule has 0 amide bonds. The van der Waals surface area contributed by atoms with Gasteiger partial charge in [-0.15, -0.1) is 0 Å². The predicted octanol–water partition coefficient (Wildman–Crippen LogP) is 2.81. The number of para-hydroxylation sites is 1. The summed E-state index contributed by atoms with van der Waals surface area (Å²) in [7, 11) is 0. The van der Waals surface area contributed by atoms with Gasteiger partial charge in [-0.05, 0) is 25.0 Å². The molecule has 0 N–H and O–H groups in total. The zero-order valence-corrected chi connectivity index (χ0v) is 13.0. The van der Waals surface area contributed by atoms with Crippen LogP contribution in [0.15, 0.2) is 47.7 Å². The van der Waals surface area contributed by atoms with Gasteiger partial charge in [-0.1, -0.05) is 12.1 Å². The molecule has 120 valence electrons. The van der Waals surface area contributed by atoms with E-state index in [0.717, 1.165) is 53.8 Å². The fraction of sp³-hybridized carbons (Fsp3) is 0.294. The highest BCUT2D eigenvalue weighted by Gasteiger charge is 2.24. The van der Waals surface area contributed by atoms with Crippen LogP contribution in [0.5, 0.6) is 0 Å². The maximum absolute atomic E-state index is 6.04. The normalized spacial score (nSPS) is 16.2. The van der Waals surface area contributed by atoms with Gasteiger partial charge in [0.25, 0.3) is 0 Å². The Morgan fingerprint density at radius 3 is 2.75 bits per heavy atom. The van der Waals surface area contributed by atoms with Crippen molar-refractivity contribution in [2.24, 2.45) is 0 Å². The van der Waals surface area contributed by atoms with E-state index in [1.807, 2.05) is 28.9 Å². The summed E-state index contributed by atoms with van der Waals surface area (Å²) < 4.78 is 7.99. The van der Waals surface area contributed by atoms with Crippen LogP contribution in [0.3, 0.4) is 0 Å². The second kappa shape index (κ2) is 5.30. The minimum Gasteiger partial charge on any atom is -0.450 e. The van der Waals surface area contributed by atoms with E-state index in [1.165, 1.54) is 0 Å². The van der Waals surface area contributed by atoms with Crippen LogP contribution >= 0.6 is 0 Å². The molecule has 1 fully saturated rings. The Morgan fingerprint density at radius 1 is 1.04 bits per heavy atom. The van der Waals surface area contributed by atoms with Crippen molar-refractivity contribution in [3.63, 3.8) is 0 Å². The van der Waals surface area contributed by atoms with Crippen molar-refractivity contribution in [3.8, 4) is 0 Å². The SMILES string of the molecule is c1ccc2c(c1)oc1c(N3CCC(n4cncn4)CC3)ncnc12. The summed E-state index contributed by atoms with van der Waals surface area (Å²) in [4.78, 5) is 15.2. The van der Waals surface area contributed by atoms with Crippen molar-refractivity contribution >= 4 is 27.9 Å². The predicted molar refractivity (Wildman–Crippen MR) is 89.8 cm³/mol. The third-order valence-corrected chi connectivity index (χ3v) is 4.71. The van der Waals surface area contributed by atoms with E-state index in [4.69, 9.17) is 4.42 Å².